The van der Waals surface area contributed by atoms with Crippen molar-refractivity contribution < 1.29 is 4.42 Å². The zero-order valence-electron chi connectivity index (χ0n) is 10.5. The second-order valence-corrected chi connectivity index (χ2v) is 5.07. The first-order valence-corrected chi connectivity index (χ1v) is 7.10. The molecule has 2 aromatic rings. The van der Waals surface area contributed by atoms with Crippen LogP contribution in [-0.4, -0.2) is 6.54 Å². The Morgan fingerprint density at radius 1 is 1.22 bits per heavy atom. The van der Waals surface area contributed by atoms with E-state index in [9.17, 15) is 0 Å². The first-order chi connectivity index (χ1) is 8.81. The lowest BCUT2D eigenvalue weighted by Gasteiger charge is -2.17. The Hall–Kier alpha value is -1.06. The van der Waals surface area contributed by atoms with E-state index in [4.69, 9.17) is 4.42 Å². The van der Waals surface area contributed by atoms with Crippen molar-refractivity contribution in [3.8, 4) is 0 Å². The lowest BCUT2D eigenvalue weighted by Crippen LogP contribution is -2.24. The molecule has 0 spiro atoms. The number of hydrogen-bond donors (Lipinski definition) is 1. The fraction of sp³-hybridized carbons (Fsp3) is 0.333. The van der Waals surface area contributed by atoms with E-state index < -0.39 is 0 Å². The average molecular weight is 308 g/mol. The highest BCUT2D eigenvalue weighted by atomic mass is 79.9. The molecule has 0 amide bonds. The van der Waals surface area contributed by atoms with Crippen LogP contribution in [0.3, 0.4) is 0 Å². The third-order valence-electron chi connectivity index (χ3n) is 2.94. The summed E-state index contributed by atoms with van der Waals surface area (Å²) in [6, 6.07) is 12.9. The number of nitrogens with one attached hydrogen (secondary N) is 1. The summed E-state index contributed by atoms with van der Waals surface area (Å²) in [4.78, 5) is 0. The van der Waals surface area contributed by atoms with Gasteiger partial charge in [0.1, 0.15) is 0 Å². The molecule has 1 unspecified atom stereocenters. The smallest absolute Gasteiger partial charge is 0.173 e. The first-order valence-electron chi connectivity index (χ1n) is 6.31. The predicted molar refractivity (Wildman–Crippen MR) is 77.6 cm³/mol. The van der Waals surface area contributed by atoms with Crippen LogP contribution < -0.4 is 5.32 Å². The molecule has 0 saturated carbocycles. The highest BCUT2D eigenvalue weighted by Gasteiger charge is 2.16. The van der Waals surface area contributed by atoms with E-state index in [1.807, 2.05) is 12.1 Å². The van der Waals surface area contributed by atoms with Crippen LogP contribution in [0.5, 0.6) is 0 Å². The standard InChI is InChI=1S/C15H18BrNO/c1-2-9-17-14(13-8-10-18-15(13)16)11-12-6-4-3-5-7-12/h3-8,10,14,17H,2,9,11H2,1H3. The molecule has 1 heterocycles. The van der Waals surface area contributed by atoms with Crippen LogP contribution in [0.25, 0.3) is 0 Å². The van der Waals surface area contributed by atoms with Gasteiger partial charge in [-0.05, 0) is 46.9 Å². The van der Waals surface area contributed by atoms with Crippen LogP contribution in [-0.2, 0) is 6.42 Å². The molecule has 0 radical (unpaired) electrons. The summed E-state index contributed by atoms with van der Waals surface area (Å²) in [6.07, 6.45) is 3.82. The van der Waals surface area contributed by atoms with Crippen LogP contribution in [0.1, 0.15) is 30.5 Å². The van der Waals surface area contributed by atoms with Gasteiger partial charge >= 0.3 is 0 Å². The number of halogens is 1. The third kappa shape index (κ3) is 3.47. The molecule has 0 aliphatic heterocycles. The van der Waals surface area contributed by atoms with Crippen molar-refractivity contribution in [2.24, 2.45) is 0 Å². The van der Waals surface area contributed by atoms with Crippen molar-refractivity contribution in [1.82, 2.24) is 5.32 Å². The van der Waals surface area contributed by atoms with Gasteiger partial charge in [0.2, 0.25) is 0 Å². The monoisotopic (exact) mass is 307 g/mol. The van der Waals surface area contributed by atoms with Gasteiger partial charge in [-0.1, -0.05) is 37.3 Å². The topological polar surface area (TPSA) is 25.2 Å². The number of furan rings is 1. The first kappa shape index (κ1) is 13.4. The molecule has 3 heteroatoms. The van der Waals surface area contributed by atoms with Gasteiger partial charge in [-0.2, -0.15) is 0 Å². The molecule has 0 fully saturated rings. The molecule has 18 heavy (non-hydrogen) atoms. The second kappa shape index (κ2) is 6.76. The molecule has 0 aliphatic rings. The van der Waals surface area contributed by atoms with Crippen LogP contribution in [0.4, 0.5) is 0 Å². The largest absolute Gasteiger partial charge is 0.457 e. The Bertz CT molecular complexity index is 466. The zero-order valence-corrected chi connectivity index (χ0v) is 12.1. The molecule has 0 saturated heterocycles. The number of benzene rings is 1. The van der Waals surface area contributed by atoms with Crippen LogP contribution in [0, 0.1) is 0 Å². The summed E-state index contributed by atoms with van der Waals surface area (Å²) >= 11 is 3.47. The van der Waals surface area contributed by atoms with Gasteiger partial charge in [0, 0.05) is 11.6 Å². The molecule has 96 valence electrons. The van der Waals surface area contributed by atoms with Gasteiger partial charge < -0.3 is 9.73 Å². The minimum Gasteiger partial charge on any atom is -0.457 e. The van der Waals surface area contributed by atoms with Gasteiger partial charge in [0.05, 0.1) is 6.26 Å². The van der Waals surface area contributed by atoms with Crippen molar-refractivity contribution in [3.05, 3.63) is 58.5 Å². The second-order valence-electron chi connectivity index (χ2n) is 4.35. The summed E-state index contributed by atoms with van der Waals surface area (Å²) in [6.45, 7) is 3.19. The van der Waals surface area contributed by atoms with Crippen LogP contribution in [0.2, 0.25) is 0 Å². The fourth-order valence-corrected chi connectivity index (χ4v) is 2.53. The van der Waals surface area contributed by atoms with Gasteiger partial charge in [-0.25, -0.2) is 0 Å². The summed E-state index contributed by atoms with van der Waals surface area (Å²) in [5, 5.41) is 3.57. The number of rotatable bonds is 6. The Labute approximate surface area is 117 Å². The molecule has 2 nitrogen and oxygen atoms in total. The molecule has 0 bridgehead atoms. The van der Waals surface area contributed by atoms with Gasteiger partial charge in [-0.3, -0.25) is 0 Å². The maximum atomic E-state index is 5.34. The Balaban J connectivity index is 2.13. The van der Waals surface area contributed by atoms with E-state index in [-0.39, 0.29) is 0 Å². The third-order valence-corrected chi connectivity index (χ3v) is 3.59. The molecule has 1 atom stereocenters. The van der Waals surface area contributed by atoms with E-state index in [0.717, 1.165) is 24.1 Å². The van der Waals surface area contributed by atoms with E-state index in [2.05, 4.69) is 52.4 Å². The van der Waals surface area contributed by atoms with Crippen molar-refractivity contribution >= 4 is 15.9 Å². The Morgan fingerprint density at radius 3 is 2.61 bits per heavy atom. The highest BCUT2D eigenvalue weighted by molar-refractivity contribution is 9.10. The SMILES string of the molecule is CCCNC(Cc1ccccc1)c1ccoc1Br. The summed E-state index contributed by atoms with van der Waals surface area (Å²) < 4.78 is 6.17. The maximum Gasteiger partial charge on any atom is 0.173 e. The minimum absolute atomic E-state index is 0.292. The van der Waals surface area contributed by atoms with Crippen LogP contribution >= 0.6 is 15.9 Å². The lowest BCUT2D eigenvalue weighted by molar-refractivity contribution is 0.498. The van der Waals surface area contributed by atoms with E-state index in [0.29, 0.717) is 6.04 Å². The van der Waals surface area contributed by atoms with Crippen molar-refractivity contribution in [3.63, 3.8) is 0 Å². The van der Waals surface area contributed by atoms with Crippen molar-refractivity contribution in [2.75, 3.05) is 6.54 Å². The molecule has 1 N–H and O–H groups in total. The molecule has 2 rings (SSSR count). The summed E-state index contributed by atoms with van der Waals surface area (Å²) in [7, 11) is 0. The highest BCUT2D eigenvalue weighted by Crippen LogP contribution is 2.27. The van der Waals surface area contributed by atoms with E-state index >= 15 is 0 Å². The van der Waals surface area contributed by atoms with E-state index in [1.54, 1.807) is 6.26 Å². The molecule has 1 aromatic heterocycles. The summed E-state index contributed by atoms with van der Waals surface area (Å²) in [5.74, 6) is 0. The average Bonchev–Trinajstić information content (AvgIpc) is 2.82. The normalized spacial score (nSPS) is 12.6. The maximum absolute atomic E-state index is 5.34. The van der Waals surface area contributed by atoms with Crippen molar-refractivity contribution in [1.29, 1.82) is 0 Å². The summed E-state index contributed by atoms with van der Waals surface area (Å²) in [5.41, 5.74) is 2.52. The zero-order chi connectivity index (χ0) is 12.8. The Kier molecular flexibility index (Phi) is 5.02. The van der Waals surface area contributed by atoms with Crippen molar-refractivity contribution in [2.45, 2.75) is 25.8 Å². The van der Waals surface area contributed by atoms with E-state index in [1.165, 1.54) is 11.1 Å². The fourth-order valence-electron chi connectivity index (χ4n) is 2.01. The predicted octanol–water partition coefficient (Wildman–Crippen LogP) is 4.33. The lowest BCUT2D eigenvalue weighted by atomic mass is 10.0. The molecular weight excluding hydrogens is 290 g/mol. The quantitative estimate of drug-likeness (QED) is 0.859. The minimum atomic E-state index is 0.292. The van der Waals surface area contributed by atoms with Gasteiger partial charge in [0.15, 0.2) is 4.67 Å². The molecular formula is C15H18BrNO. The van der Waals surface area contributed by atoms with Gasteiger partial charge in [-0.15, -0.1) is 0 Å². The van der Waals surface area contributed by atoms with Gasteiger partial charge in [0.25, 0.3) is 0 Å². The number of hydrogen-bond acceptors (Lipinski definition) is 2. The molecule has 1 aromatic carbocycles. The van der Waals surface area contributed by atoms with Crippen LogP contribution in [0.15, 0.2) is 51.7 Å². The molecule has 0 aliphatic carbocycles. The Morgan fingerprint density at radius 2 is 2.00 bits per heavy atom.